The first-order valence-corrected chi connectivity index (χ1v) is 11.7. The third kappa shape index (κ3) is 5.69. The zero-order chi connectivity index (χ0) is 24.9. The molecule has 1 amide bonds. The minimum atomic E-state index is -2.66. The summed E-state index contributed by atoms with van der Waals surface area (Å²) in [4.78, 5) is 28.2. The van der Waals surface area contributed by atoms with Crippen molar-refractivity contribution in [2.24, 2.45) is 0 Å². The number of alkyl halides is 2. The molecule has 7 nitrogen and oxygen atoms in total. The molecule has 1 aromatic carbocycles. The van der Waals surface area contributed by atoms with E-state index in [1.54, 1.807) is 18.2 Å². The Morgan fingerprint density at radius 3 is 2.69 bits per heavy atom. The molecule has 5 rings (SSSR count). The lowest BCUT2D eigenvalue weighted by Gasteiger charge is -2.26. The Bertz CT molecular complexity index is 1380. The van der Waals surface area contributed by atoms with Crippen molar-refractivity contribution in [2.75, 3.05) is 31.6 Å². The summed E-state index contributed by atoms with van der Waals surface area (Å²) in [7, 11) is 0. The summed E-state index contributed by atoms with van der Waals surface area (Å²) in [5, 5.41) is 3.75. The van der Waals surface area contributed by atoms with Gasteiger partial charge in [0.2, 0.25) is 5.91 Å². The van der Waals surface area contributed by atoms with E-state index < -0.39 is 6.43 Å². The number of pyridine rings is 3. The number of nitrogens with one attached hydrogen (secondary N) is 1. The highest BCUT2D eigenvalue weighted by Gasteiger charge is 2.14. The number of carbonyl (C=O) groups is 1. The topological polar surface area (TPSA) is 80.2 Å². The fourth-order valence-electron chi connectivity index (χ4n) is 4.22. The average molecular weight is 490 g/mol. The summed E-state index contributed by atoms with van der Waals surface area (Å²) in [6.45, 7) is 3.84. The Balaban J connectivity index is 1.33. The Labute approximate surface area is 207 Å². The molecule has 0 saturated carbocycles. The maximum Gasteiger partial charge on any atom is 0.280 e. The van der Waals surface area contributed by atoms with E-state index >= 15 is 0 Å². The average Bonchev–Trinajstić information content (AvgIpc) is 2.89. The van der Waals surface area contributed by atoms with Crippen LogP contribution in [0, 0.1) is 0 Å². The maximum atomic E-state index is 13.1. The highest BCUT2D eigenvalue weighted by molar-refractivity contribution is 5.95. The summed E-state index contributed by atoms with van der Waals surface area (Å²) < 4.78 is 31.6. The summed E-state index contributed by atoms with van der Waals surface area (Å²) in [6.07, 6.45) is -1.21. The molecule has 1 aliphatic rings. The molecule has 0 radical (unpaired) electrons. The van der Waals surface area contributed by atoms with Crippen molar-refractivity contribution in [3.05, 3.63) is 83.8 Å². The molecule has 0 aliphatic carbocycles. The molecule has 0 spiro atoms. The van der Waals surface area contributed by atoms with Gasteiger partial charge in [0.1, 0.15) is 11.5 Å². The molecule has 4 aromatic rings. The van der Waals surface area contributed by atoms with Gasteiger partial charge in [0.05, 0.1) is 36.5 Å². The second-order valence-corrected chi connectivity index (χ2v) is 8.58. The number of rotatable bonds is 7. The molecule has 36 heavy (non-hydrogen) atoms. The number of aromatic nitrogens is 3. The van der Waals surface area contributed by atoms with Crippen LogP contribution in [-0.2, 0) is 22.5 Å². The lowest BCUT2D eigenvalue weighted by molar-refractivity contribution is -0.115. The predicted molar refractivity (Wildman–Crippen MR) is 133 cm³/mol. The van der Waals surface area contributed by atoms with E-state index in [1.165, 1.54) is 12.3 Å². The van der Waals surface area contributed by atoms with Gasteiger partial charge in [-0.1, -0.05) is 30.3 Å². The standard InChI is InChI=1S/C27H25F2N5O2/c28-27(29)23-15-19(9-10-30-23)22-8-7-18-3-1-4-20(26(18)32-22)16-25(35)33-24-6-2-5-21(31-24)17-34-11-13-36-14-12-34/h1-10,15,27H,11-14,16-17H2,(H,31,33,35). The zero-order valence-corrected chi connectivity index (χ0v) is 19.5. The van der Waals surface area contributed by atoms with Crippen molar-refractivity contribution in [1.82, 2.24) is 19.9 Å². The van der Waals surface area contributed by atoms with Crippen LogP contribution in [0.4, 0.5) is 14.6 Å². The first kappa shape index (κ1) is 23.9. The number of anilines is 1. The predicted octanol–water partition coefficient (Wildman–Crippen LogP) is 4.64. The molecule has 1 N–H and O–H groups in total. The molecule has 1 fully saturated rings. The molecule has 0 bridgehead atoms. The SMILES string of the molecule is O=C(Cc1cccc2ccc(-c3ccnc(C(F)F)c3)nc12)Nc1cccc(CN2CCOCC2)n1. The van der Waals surface area contributed by atoms with Crippen molar-refractivity contribution >= 4 is 22.6 Å². The van der Waals surface area contributed by atoms with Crippen molar-refractivity contribution in [3.63, 3.8) is 0 Å². The van der Waals surface area contributed by atoms with Crippen LogP contribution in [0.5, 0.6) is 0 Å². The number of hydrogen-bond donors (Lipinski definition) is 1. The van der Waals surface area contributed by atoms with Crippen LogP contribution < -0.4 is 5.32 Å². The monoisotopic (exact) mass is 489 g/mol. The van der Waals surface area contributed by atoms with E-state index in [0.29, 0.717) is 42.4 Å². The molecule has 9 heteroatoms. The molecule has 0 unspecified atom stereocenters. The zero-order valence-electron chi connectivity index (χ0n) is 19.5. The van der Waals surface area contributed by atoms with Gasteiger partial charge in [0.25, 0.3) is 6.43 Å². The van der Waals surface area contributed by atoms with Crippen LogP contribution in [0.3, 0.4) is 0 Å². The third-order valence-corrected chi connectivity index (χ3v) is 6.02. The Kier molecular flexibility index (Phi) is 7.20. The first-order valence-electron chi connectivity index (χ1n) is 11.7. The number of amides is 1. The molecule has 1 saturated heterocycles. The highest BCUT2D eigenvalue weighted by Crippen LogP contribution is 2.26. The number of para-hydroxylation sites is 1. The van der Waals surface area contributed by atoms with Gasteiger partial charge in [-0.25, -0.2) is 18.7 Å². The van der Waals surface area contributed by atoms with Gasteiger partial charge < -0.3 is 10.1 Å². The Morgan fingerprint density at radius 1 is 1.03 bits per heavy atom. The summed E-state index contributed by atoms with van der Waals surface area (Å²) in [5.41, 5.74) is 3.05. The molecular formula is C27H25F2N5O2. The van der Waals surface area contributed by atoms with Crippen molar-refractivity contribution in [2.45, 2.75) is 19.4 Å². The molecule has 184 valence electrons. The minimum absolute atomic E-state index is 0.0990. The minimum Gasteiger partial charge on any atom is -0.379 e. The van der Waals surface area contributed by atoms with Crippen LogP contribution in [0.1, 0.15) is 23.4 Å². The largest absolute Gasteiger partial charge is 0.379 e. The summed E-state index contributed by atoms with van der Waals surface area (Å²) in [5.74, 6) is 0.283. The number of nitrogens with zero attached hydrogens (tertiary/aromatic N) is 4. The van der Waals surface area contributed by atoms with E-state index in [4.69, 9.17) is 9.72 Å². The second-order valence-electron chi connectivity index (χ2n) is 8.58. The van der Waals surface area contributed by atoms with Gasteiger partial charge in [-0.05, 0) is 35.9 Å². The number of hydrogen-bond acceptors (Lipinski definition) is 6. The normalized spacial score (nSPS) is 14.3. The van der Waals surface area contributed by atoms with Gasteiger partial charge in [-0.15, -0.1) is 0 Å². The summed E-state index contributed by atoms with van der Waals surface area (Å²) in [6, 6.07) is 17.8. The summed E-state index contributed by atoms with van der Waals surface area (Å²) >= 11 is 0. The van der Waals surface area contributed by atoms with Gasteiger partial charge in [-0.3, -0.25) is 14.7 Å². The lowest BCUT2D eigenvalue weighted by atomic mass is 10.0. The van der Waals surface area contributed by atoms with Crippen LogP contribution in [0.25, 0.3) is 22.2 Å². The van der Waals surface area contributed by atoms with Crippen molar-refractivity contribution < 1.29 is 18.3 Å². The maximum absolute atomic E-state index is 13.1. The number of morpholine rings is 1. The van der Waals surface area contributed by atoms with Gasteiger partial charge in [0.15, 0.2) is 0 Å². The fraction of sp³-hybridized carbons (Fsp3) is 0.259. The van der Waals surface area contributed by atoms with E-state index in [9.17, 15) is 13.6 Å². The van der Waals surface area contributed by atoms with Crippen LogP contribution in [0.2, 0.25) is 0 Å². The molecule has 4 heterocycles. The van der Waals surface area contributed by atoms with Crippen LogP contribution in [-0.4, -0.2) is 52.1 Å². The highest BCUT2D eigenvalue weighted by atomic mass is 19.3. The first-order chi connectivity index (χ1) is 17.5. The molecule has 1 aliphatic heterocycles. The van der Waals surface area contributed by atoms with Gasteiger partial charge in [-0.2, -0.15) is 0 Å². The lowest BCUT2D eigenvalue weighted by Crippen LogP contribution is -2.35. The van der Waals surface area contributed by atoms with Crippen molar-refractivity contribution in [1.29, 1.82) is 0 Å². The van der Waals surface area contributed by atoms with E-state index in [2.05, 4.69) is 20.2 Å². The van der Waals surface area contributed by atoms with E-state index in [1.807, 2.05) is 36.4 Å². The number of benzene rings is 1. The van der Waals surface area contributed by atoms with E-state index in [0.717, 1.165) is 29.7 Å². The van der Waals surface area contributed by atoms with Gasteiger partial charge >= 0.3 is 0 Å². The quantitative estimate of drug-likeness (QED) is 0.407. The number of carbonyl (C=O) groups excluding carboxylic acids is 1. The fourth-order valence-corrected chi connectivity index (χ4v) is 4.22. The number of fused-ring (bicyclic) bond motifs is 1. The van der Waals surface area contributed by atoms with E-state index in [-0.39, 0.29) is 18.0 Å². The third-order valence-electron chi connectivity index (χ3n) is 6.02. The number of halogens is 2. The molecule has 3 aromatic heterocycles. The second kappa shape index (κ2) is 10.8. The van der Waals surface area contributed by atoms with Crippen LogP contribution >= 0.6 is 0 Å². The van der Waals surface area contributed by atoms with Crippen LogP contribution in [0.15, 0.2) is 66.9 Å². The molecular weight excluding hydrogens is 464 g/mol. The van der Waals surface area contributed by atoms with Crippen molar-refractivity contribution in [3.8, 4) is 11.3 Å². The Hall–Kier alpha value is -3.82. The Morgan fingerprint density at radius 2 is 1.86 bits per heavy atom. The number of ether oxygens (including phenoxy) is 1. The molecule has 0 atom stereocenters. The smallest absolute Gasteiger partial charge is 0.280 e. The van der Waals surface area contributed by atoms with Gasteiger partial charge in [0, 0.05) is 36.8 Å².